The van der Waals surface area contributed by atoms with Crippen LogP contribution in [0.4, 0.5) is 34.1 Å². The highest BCUT2D eigenvalue weighted by atomic mass is 35.5. The van der Waals surface area contributed by atoms with Gasteiger partial charge in [0.15, 0.2) is 0 Å². The molecule has 0 saturated carbocycles. The van der Waals surface area contributed by atoms with Gasteiger partial charge in [0.25, 0.3) is 0 Å². The number of benzene rings is 2. The second-order valence-electron chi connectivity index (χ2n) is 4.21. The van der Waals surface area contributed by atoms with Crippen molar-refractivity contribution in [2.75, 3.05) is 28.7 Å². The number of para-hydroxylation sites is 2. The van der Waals surface area contributed by atoms with Crippen LogP contribution in [0.25, 0.3) is 0 Å². The largest absolute Gasteiger partial charge is 0.399 e. The van der Waals surface area contributed by atoms with Crippen molar-refractivity contribution in [3.8, 4) is 0 Å². The van der Waals surface area contributed by atoms with Crippen molar-refractivity contribution in [2.24, 2.45) is 0 Å². The molecule has 0 fully saturated rings. The Bertz CT molecular complexity index is 598. The molecule has 0 aromatic heterocycles. The van der Waals surface area contributed by atoms with Crippen LogP contribution >= 0.6 is 12.4 Å². The third-order valence-electron chi connectivity index (χ3n) is 3.06. The molecule has 5 heteroatoms. The second-order valence-corrected chi connectivity index (χ2v) is 4.21. The van der Waals surface area contributed by atoms with E-state index < -0.39 is 0 Å². The van der Waals surface area contributed by atoms with Gasteiger partial charge in [-0.1, -0.05) is 12.1 Å². The maximum absolute atomic E-state index is 5.99. The lowest BCUT2D eigenvalue weighted by molar-refractivity contribution is 1.19. The van der Waals surface area contributed by atoms with E-state index in [0.717, 1.165) is 22.7 Å². The van der Waals surface area contributed by atoms with Crippen LogP contribution < -0.4 is 21.7 Å². The van der Waals surface area contributed by atoms with Gasteiger partial charge in [0.05, 0.1) is 28.4 Å². The first kappa shape index (κ1) is 12.4. The van der Waals surface area contributed by atoms with Crippen molar-refractivity contribution >= 4 is 46.5 Å². The summed E-state index contributed by atoms with van der Waals surface area (Å²) in [6.45, 7) is 0. The zero-order chi connectivity index (χ0) is 12.0. The Morgan fingerprint density at radius 3 is 2.56 bits per heavy atom. The molecule has 0 atom stereocenters. The molecule has 0 bridgehead atoms. The Morgan fingerprint density at radius 1 is 1.06 bits per heavy atom. The number of anilines is 6. The van der Waals surface area contributed by atoms with Crippen molar-refractivity contribution in [1.82, 2.24) is 0 Å². The SMILES string of the molecule is CN1c2ccccc2Nc2c(N)cc(N)cc21.Cl. The number of halogens is 1. The molecule has 0 radical (unpaired) electrons. The number of nitrogens with zero attached hydrogens (tertiary/aromatic N) is 1. The van der Waals surface area contributed by atoms with E-state index >= 15 is 0 Å². The molecular weight excluding hydrogens is 248 g/mol. The Morgan fingerprint density at radius 2 is 1.78 bits per heavy atom. The van der Waals surface area contributed by atoms with Gasteiger partial charge < -0.3 is 21.7 Å². The van der Waals surface area contributed by atoms with E-state index in [4.69, 9.17) is 11.5 Å². The van der Waals surface area contributed by atoms with Crippen LogP contribution in [0, 0.1) is 0 Å². The monoisotopic (exact) mass is 262 g/mol. The Labute approximate surface area is 112 Å². The molecule has 0 unspecified atom stereocenters. The van der Waals surface area contributed by atoms with E-state index in [-0.39, 0.29) is 12.4 Å². The first-order valence-corrected chi connectivity index (χ1v) is 5.45. The lowest BCUT2D eigenvalue weighted by atomic mass is 10.1. The minimum Gasteiger partial charge on any atom is -0.399 e. The van der Waals surface area contributed by atoms with E-state index in [1.165, 1.54) is 0 Å². The van der Waals surface area contributed by atoms with Crippen molar-refractivity contribution in [1.29, 1.82) is 0 Å². The van der Waals surface area contributed by atoms with E-state index in [1.54, 1.807) is 6.07 Å². The van der Waals surface area contributed by atoms with Gasteiger partial charge in [-0.2, -0.15) is 0 Å². The summed E-state index contributed by atoms with van der Waals surface area (Å²) in [6.07, 6.45) is 0. The number of hydrogen-bond acceptors (Lipinski definition) is 4. The number of nitrogens with one attached hydrogen (secondary N) is 1. The average molecular weight is 263 g/mol. The summed E-state index contributed by atoms with van der Waals surface area (Å²) in [7, 11) is 2.01. The molecule has 0 spiro atoms. The molecule has 2 aromatic carbocycles. The summed E-state index contributed by atoms with van der Waals surface area (Å²) in [5.41, 5.74) is 17.3. The number of hydrogen-bond donors (Lipinski definition) is 3. The van der Waals surface area contributed by atoms with Crippen molar-refractivity contribution in [2.45, 2.75) is 0 Å². The average Bonchev–Trinajstić information content (AvgIpc) is 2.31. The summed E-state index contributed by atoms with van der Waals surface area (Å²) in [5.74, 6) is 0. The van der Waals surface area contributed by atoms with Gasteiger partial charge >= 0.3 is 0 Å². The van der Waals surface area contributed by atoms with E-state index in [9.17, 15) is 0 Å². The molecule has 18 heavy (non-hydrogen) atoms. The first-order chi connectivity index (χ1) is 8.16. The maximum atomic E-state index is 5.99. The third-order valence-corrected chi connectivity index (χ3v) is 3.06. The molecule has 1 aliphatic heterocycles. The van der Waals surface area contributed by atoms with Crippen LogP contribution in [0.2, 0.25) is 0 Å². The molecule has 1 aliphatic rings. The highest BCUT2D eigenvalue weighted by molar-refractivity contribution is 5.97. The quantitative estimate of drug-likeness (QED) is 0.638. The topological polar surface area (TPSA) is 67.3 Å². The van der Waals surface area contributed by atoms with Crippen LogP contribution in [-0.4, -0.2) is 7.05 Å². The third kappa shape index (κ3) is 1.71. The molecule has 2 aromatic rings. The molecule has 0 saturated heterocycles. The van der Waals surface area contributed by atoms with Crippen molar-refractivity contribution < 1.29 is 0 Å². The number of nitrogen functional groups attached to an aromatic ring is 2. The van der Waals surface area contributed by atoms with Crippen LogP contribution in [0.5, 0.6) is 0 Å². The molecule has 3 rings (SSSR count). The first-order valence-electron chi connectivity index (χ1n) is 5.45. The lowest BCUT2D eigenvalue weighted by Gasteiger charge is -2.31. The summed E-state index contributed by atoms with van der Waals surface area (Å²) in [6, 6.07) is 11.8. The predicted molar refractivity (Wildman–Crippen MR) is 80.3 cm³/mol. The molecule has 94 valence electrons. The number of fused-ring (bicyclic) bond motifs is 2. The summed E-state index contributed by atoms with van der Waals surface area (Å²) < 4.78 is 0. The smallest absolute Gasteiger partial charge is 0.0861 e. The van der Waals surface area contributed by atoms with Crippen LogP contribution in [0.15, 0.2) is 36.4 Å². The molecular formula is C13H15ClN4. The highest BCUT2D eigenvalue weighted by Gasteiger charge is 2.21. The minimum atomic E-state index is 0. The number of rotatable bonds is 0. The van der Waals surface area contributed by atoms with Crippen molar-refractivity contribution in [3.05, 3.63) is 36.4 Å². The van der Waals surface area contributed by atoms with Gasteiger partial charge in [0.1, 0.15) is 0 Å². The molecule has 0 amide bonds. The van der Waals surface area contributed by atoms with E-state index in [1.807, 2.05) is 31.3 Å². The Hall–Kier alpha value is -2.07. The minimum absolute atomic E-state index is 0. The van der Waals surface area contributed by atoms with Crippen LogP contribution in [0.1, 0.15) is 0 Å². The summed E-state index contributed by atoms with van der Waals surface area (Å²) in [5, 5.41) is 3.34. The Balaban J connectivity index is 0.00000120. The molecule has 4 nitrogen and oxygen atoms in total. The lowest BCUT2D eigenvalue weighted by Crippen LogP contribution is -2.18. The second kappa shape index (κ2) is 4.31. The van der Waals surface area contributed by atoms with Crippen LogP contribution in [0.3, 0.4) is 0 Å². The zero-order valence-electron chi connectivity index (χ0n) is 9.97. The molecule has 1 heterocycles. The fourth-order valence-corrected chi connectivity index (χ4v) is 2.21. The number of nitrogens with two attached hydrogens (primary N) is 2. The van der Waals surface area contributed by atoms with Gasteiger partial charge in [0.2, 0.25) is 0 Å². The van der Waals surface area contributed by atoms with E-state index in [2.05, 4.69) is 16.3 Å². The molecule has 5 N–H and O–H groups in total. The fourth-order valence-electron chi connectivity index (χ4n) is 2.21. The van der Waals surface area contributed by atoms with E-state index in [0.29, 0.717) is 11.4 Å². The summed E-state index contributed by atoms with van der Waals surface area (Å²) >= 11 is 0. The maximum Gasteiger partial charge on any atom is 0.0861 e. The normalized spacial score (nSPS) is 11.9. The van der Waals surface area contributed by atoms with Crippen LogP contribution in [-0.2, 0) is 0 Å². The molecule has 0 aliphatic carbocycles. The highest BCUT2D eigenvalue weighted by Crippen LogP contribution is 2.45. The Kier molecular flexibility index (Phi) is 2.97. The summed E-state index contributed by atoms with van der Waals surface area (Å²) in [4.78, 5) is 2.09. The van der Waals surface area contributed by atoms with Gasteiger partial charge in [-0.3, -0.25) is 0 Å². The van der Waals surface area contributed by atoms with Crippen molar-refractivity contribution in [3.63, 3.8) is 0 Å². The fraction of sp³-hybridized carbons (Fsp3) is 0.0769. The van der Waals surface area contributed by atoms with Gasteiger partial charge in [-0.05, 0) is 24.3 Å². The van der Waals surface area contributed by atoms with Gasteiger partial charge in [0, 0.05) is 12.7 Å². The standard InChI is InChI=1S/C13H14N4.ClH/c1-17-11-5-3-2-4-10(11)16-13-9(15)6-8(14)7-12(13)17;/h2-7,16H,14-15H2,1H3;1H. The van der Waals surface area contributed by atoms with Gasteiger partial charge in [-0.15, -0.1) is 12.4 Å². The van der Waals surface area contributed by atoms with Gasteiger partial charge in [-0.25, -0.2) is 0 Å². The zero-order valence-corrected chi connectivity index (χ0v) is 10.8. The predicted octanol–water partition coefficient (Wildman–Crippen LogP) is 3.10.